The maximum absolute atomic E-state index is 12.1. The minimum atomic E-state index is -2.97. The highest BCUT2D eigenvalue weighted by Gasteiger charge is 2.23. The lowest BCUT2D eigenvalue weighted by atomic mass is 9.92. The molecule has 0 saturated heterocycles. The Morgan fingerprint density at radius 1 is 1.30 bits per heavy atom. The van der Waals surface area contributed by atoms with Crippen LogP contribution in [0.5, 0.6) is 0 Å². The van der Waals surface area contributed by atoms with Gasteiger partial charge in [-0.2, -0.15) is 0 Å². The molecule has 0 spiro atoms. The van der Waals surface area contributed by atoms with E-state index in [4.69, 9.17) is 0 Å². The molecule has 1 aromatic carbocycles. The number of Topliss-reactive ketones (excluding diaryl/α,β-unsaturated/α-hetero) is 1. The zero-order valence-electron chi connectivity index (χ0n) is 11.8. The van der Waals surface area contributed by atoms with Gasteiger partial charge in [0.2, 0.25) is 0 Å². The number of sulfone groups is 1. The number of benzene rings is 1. The maximum Gasteiger partial charge on any atom is 0.150 e. The van der Waals surface area contributed by atoms with Crippen LogP contribution in [0.15, 0.2) is 24.3 Å². The van der Waals surface area contributed by atoms with Crippen LogP contribution >= 0.6 is 0 Å². The summed E-state index contributed by atoms with van der Waals surface area (Å²) in [6, 6.07) is 7.93. The lowest BCUT2D eigenvalue weighted by Gasteiger charge is -2.25. The quantitative estimate of drug-likeness (QED) is 0.863. The van der Waals surface area contributed by atoms with Crippen LogP contribution in [0.2, 0.25) is 0 Å². The molecule has 0 bridgehead atoms. The molecule has 5 heteroatoms. The van der Waals surface area contributed by atoms with E-state index in [2.05, 4.69) is 17.4 Å². The highest BCUT2D eigenvalue weighted by Crippen LogP contribution is 2.17. The number of rotatable bonds is 6. The summed E-state index contributed by atoms with van der Waals surface area (Å²) in [6.07, 6.45) is 1.46. The number of fused-ring (bicyclic) bond motifs is 1. The van der Waals surface area contributed by atoms with E-state index in [1.807, 2.05) is 12.1 Å². The Morgan fingerprint density at radius 3 is 2.70 bits per heavy atom. The van der Waals surface area contributed by atoms with Crippen molar-refractivity contribution >= 4 is 15.6 Å². The van der Waals surface area contributed by atoms with Gasteiger partial charge in [0.25, 0.3) is 0 Å². The topological polar surface area (TPSA) is 63.2 Å². The van der Waals surface area contributed by atoms with Crippen molar-refractivity contribution in [2.45, 2.75) is 38.8 Å². The first-order valence-electron chi connectivity index (χ1n) is 7.05. The number of hydrogen-bond acceptors (Lipinski definition) is 4. The first-order chi connectivity index (χ1) is 9.52. The van der Waals surface area contributed by atoms with Gasteiger partial charge in [0.15, 0.2) is 0 Å². The molecule has 1 heterocycles. The smallest absolute Gasteiger partial charge is 0.150 e. The van der Waals surface area contributed by atoms with Gasteiger partial charge in [-0.3, -0.25) is 4.79 Å². The van der Waals surface area contributed by atoms with E-state index in [0.717, 1.165) is 0 Å². The van der Waals surface area contributed by atoms with Gasteiger partial charge in [-0.15, -0.1) is 0 Å². The SMILES string of the molecule is CCS(=O)(=O)CCCC(=O)C1Cc2ccccc2CN1. The third-order valence-corrected chi connectivity index (χ3v) is 5.58. The third-order valence-electron chi connectivity index (χ3n) is 3.79. The fourth-order valence-electron chi connectivity index (χ4n) is 2.47. The molecule has 4 nitrogen and oxygen atoms in total. The zero-order valence-corrected chi connectivity index (χ0v) is 12.6. The molecule has 1 N–H and O–H groups in total. The van der Waals surface area contributed by atoms with Gasteiger partial charge in [-0.25, -0.2) is 8.42 Å². The molecule has 2 rings (SSSR count). The van der Waals surface area contributed by atoms with E-state index in [9.17, 15) is 13.2 Å². The molecular formula is C15H21NO3S. The fraction of sp³-hybridized carbons (Fsp3) is 0.533. The monoisotopic (exact) mass is 295 g/mol. The summed E-state index contributed by atoms with van der Waals surface area (Å²) in [5.41, 5.74) is 2.45. The van der Waals surface area contributed by atoms with Crippen molar-refractivity contribution in [3.8, 4) is 0 Å². The molecule has 0 fully saturated rings. The molecule has 1 aliphatic heterocycles. The van der Waals surface area contributed by atoms with Crippen molar-refractivity contribution in [3.05, 3.63) is 35.4 Å². The Balaban J connectivity index is 1.86. The summed E-state index contributed by atoms with van der Waals surface area (Å²) in [5.74, 6) is 0.375. The largest absolute Gasteiger partial charge is 0.303 e. The molecule has 0 amide bonds. The average molecular weight is 295 g/mol. The summed E-state index contributed by atoms with van der Waals surface area (Å²) in [6.45, 7) is 2.34. The molecule has 20 heavy (non-hydrogen) atoms. The highest BCUT2D eigenvalue weighted by molar-refractivity contribution is 7.91. The molecule has 1 aliphatic rings. The van der Waals surface area contributed by atoms with E-state index in [1.54, 1.807) is 6.92 Å². The Morgan fingerprint density at radius 2 is 2.00 bits per heavy atom. The number of carbonyl (C=O) groups is 1. The second-order valence-corrected chi connectivity index (χ2v) is 7.69. The normalized spacial score (nSPS) is 18.6. The standard InChI is InChI=1S/C15H21NO3S/c1-2-20(18,19)9-5-8-15(17)14-10-12-6-3-4-7-13(12)11-16-14/h3-4,6-7,14,16H,2,5,8-11H2,1H3. The van der Waals surface area contributed by atoms with Crippen LogP contribution in [0.3, 0.4) is 0 Å². The lowest BCUT2D eigenvalue weighted by molar-refractivity contribution is -0.121. The lowest BCUT2D eigenvalue weighted by Crippen LogP contribution is -2.41. The van der Waals surface area contributed by atoms with Gasteiger partial charge in [-0.1, -0.05) is 31.2 Å². The van der Waals surface area contributed by atoms with Gasteiger partial charge in [0.05, 0.1) is 11.8 Å². The minimum Gasteiger partial charge on any atom is -0.303 e. The van der Waals surface area contributed by atoms with Crippen LogP contribution in [0.4, 0.5) is 0 Å². The van der Waals surface area contributed by atoms with E-state index >= 15 is 0 Å². The van der Waals surface area contributed by atoms with Gasteiger partial charge < -0.3 is 5.32 Å². The van der Waals surface area contributed by atoms with E-state index in [1.165, 1.54) is 11.1 Å². The second-order valence-electron chi connectivity index (χ2n) is 5.21. The molecular weight excluding hydrogens is 274 g/mol. The number of hydrogen-bond donors (Lipinski definition) is 1. The molecule has 1 atom stereocenters. The van der Waals surface area contributed by atoms with E-state index in [-0.39, 0.29) is 23.3 Å². The summed E-state index contributed by atoms with van der Waals surface area (Å²) in [7, 11) is -2.97. The summed E-state index contributed by atoms with van der Waals surface area (Å²) < 4.78 is 22.8. The minimum absolute atomic E-state index is 0.110. The molecule has 1 aromatic rings. The van der Waals surface area contributed by atoms with Crippen molar-refractivity contribution < 1.29 is 13.2 Å². The Kier molecular flexibility index (Phi) is 4.94. The maximum atomic E-state index is 12.1. The van der Waals surface area contributed by atoms with E-state index < -0.39 is 9.84 Å². The van der Waals surface area contributed by atoms with Gasteiger partial charge in [0.1, 0.15) is 15.6 Å². The van der Waals surface area contributed by atoms with Crippen LogP contribution in [-0.2, 0) is 27.6 Å². The summed E-state index contributed by atoms with van der Waals surface area (Å²) in [4.78, 5) is 12.1. The molecule has 0 aliphatic carbocycles. The first-order valence-corrected chi connectivity index (χ1v) is 8.87. The Hall–Kier alpha value is -1.20. The zero-order chi connectivity index (χ0) is 14.6. The molecule has 110 valence electrons. The molecule has 0 radical (unpaired) electrons. The molecule has 1 unspecified atom stereocenters. The molecule has 0 aromatic heterocycles. The van der Waals surface area contributed by atoms with Crippen molar-refractivity contribution in [3.63, 3.8) is 0 Å². The van der Waals surface area contributed by atoms with Crippen molar-refractivity contribution in [1.29, 1.82) is 0 Å². The predicted molar refractivity (Wildman–Crippen MR) is 79.3 cm³/mol. The van der Waals surface area contributed by atoms with Gasteiger partial charge >= 0.3 is 0 Å². The Bertz CT molecular complexity index is 581. The number of nitrogens with one attached hydrogen (secondary N) is 1. The third kappa shape index (κ3) is 3.90. The fourth-order valence-corrected chi connectivity index (χ4v) is 3.34. The van der Waals surface area contributed by atoms with Crippen LogP contribution in [-0.4, -0.2) is 31.7 Å². The summed E-state index contributed by atoms with van der Waals surface area (Å²) >= 11 is 0. The van der Waals surface area contributed by atoms with Gasteiger partial charge in [0, 0.05) is 18.7 Å². The number of ketones is 1. The van der Waals surface area contributed by atoms with Crippen molar-refractivity contribution in [2.24, 2.45) is 0 Å². The van der Waals surface area contributed by atoms with Gasteiger partial charge in [-0.05, 0) is 24.0 Å². The average Bonchev–Trinajstić information content (AvgIpc) is 2.46. The van der Waals surface area contributed by atoms with Crippen LogP contribution in [0.1, 0.15) is 30.9 Å². The van der Waals surface area contributed by atoms with E-state index in [0.29, 0.717) is 25.8 Å². The highest BCUT2D eigenvalue weighted by atomic mass is 32.2. The van der Waals surface area contributed by atoms with Crippen LogP contribution in [0, 0.1) is 0 Å². The summed E-state index contributed by atoms with van der Waals surface area (Å²) in [5, 5.41) is 3.24. The first kappa shape index (κ1) is 15.2. The van der Waals surface area contributed by atoms with Crippen molar-refractivity contribution in [1.82, 2.24) is 5.32 Å². The van der Waals surface area contributed by atoms with Crippen LogP contribution in [0.25, 0.3) is 0 Å². The van der Waals surface area contributed by atoms with Crippen molar-refractivity contribution in [2.75, 3.05) is 11.5 Å². The molecule has 0 saturated carbocycles. The second kappa shape index (κ2) is 6.50. The Labute approximate surface area is 120 Å². The predicted octanol–water partition coefficient (Wildman–Crippen LogP) is 1.48. The van der Waals surface area contributed by atoms with Crippen LogP contribution < -0.4 is 5.32 Å². The number of carbonyl (C=O) groups excluding carboxylic acids is 1.